The maximum atomic E-state index is 2.36. The van der Waals surface area contributed by atoms with Crippen LogP contribution in [-0.2, 0) is 5.41 Å². The Balaban J connectivity index is 2.08. The Morgan fingerprint density at radius 3 is 2.33 bits per heavy atom. The van der Waals surface area contributed by atoms with Gasteiger partial charge in [0, 0.05) is 5.92 Å². The van der Waals surface area contributed by atoms with Crippen LogP contribution in [0.15, 0.2) is 48.5 Å². The summed E-state index contributed by atoms with van der Waals surface area (Å²) in [4.78, 5) is 0. The van der Waals surface area contributed by atoms with Crippen LogP contribution in [0.1, 0.15) is 48.4 Å². The van der Waals surface area contributed by atoms with Crippen molar-refractivity contribution < 1.29 is 0 Å². The maximum absolute atomic E-state index is 2.36. The minimum atomic E-state index is 0.298. The minimum absolute atomic E-state index is 0.298. The quantitative estimate of drug-likeness (QED) is 0.666. The van der Waals surface area contributed by atoms with E-state index in [0.717, 1.165) is 0 Å². The summed E-state index contributed by atoms with van der Waals surface area (Å²) in [7, 11) is 0. The maximum Gasteiger partial charge on any atom is 0.0101 e. The van der Waals surface area contributed by atoms with Crippen LogP contribution < -0.4 is 0 Å². The van der Waals surface area contributed by atoms with Gasteiger partial charge in [-0.15, -0.1) is 0 Å². The van der Waals surface area contributed by atoms with E-state index in [1.165, 1.54) is 28.7 Å². The van der Waals surface area contributed by atoms with Crippen molar-refractivity contribution in [3.05, 3.63) is 70.8 Å². The molecule has 0 saturated heterocycles. The molecule has 0 spiro atoms. The van der Waals surface area contributed by atoms with E-state index in [0.29, 0.717) is 11.3 Å². The number of rotatable bonds is 1. The average Bonchev–Trinajstić information content (AvgIpc) is 2.63. The van der Waals surface area contributed by atoms with Gasteiger partial charge in [-0.3, -0.25) is 0 Å². The molecule has 0 saturated carbocycles. The number of benzene rings is 2. The Labute approximate surface area is 110 Å². The Morgan fingerprint density at radius 2 is 1.61 bits per heavy atom. The van der Waals surface area contributed by atoms with Crippen LogP contribution in [0.4, 0.5) is 0 Å². The van der Waals surface area contributed by atoms with Crippen LogP contribution in [0.2, 0.25) is 0 Å². The van der Waals surface area contributed by atoms with Crippen LogP contribution in [0.5, 0.6) is 0 Å². The van der Waals surface area contributed by atoms with Gasteiger partial charge in [0.05, 0.1) is 0 Å². The lowest BCUT2D eigenvalue weighted by molar-refractivity contribution is 0.499. The van der Waals surface area contributed by atoms with E-state index >= 15 is 0 Å². The Kier molecular flexibility index (Phi) is 2.55. The summed E-state index contributed by atoms with van der Waals surface area (Å²) >= 11 is 0. The molecule has 1 aliphatic carbocycles. The van der Waals surface area contributed by atoms with Crippen molar-refractivity contribution in [2.75, 3.05) is 0 Å². The van der Waals surface area contributed by atoms with Crippen molar-refractivity contribution in [3.8, 4) is 0 Å². The predicted molar refractivity (Wildman–Crippen MR) is 77.1 cm³/mol. The molecule has 0 N–H and O–H groups in total. The third-order valence-electron chi connectivity index (χ3n) is 4.26. The Morgan fingerprint density at radius 1 is 0.944 bits per heavy atom. The Bertz CT molecular complexity index is 561. The van der Waals surface area contributed by atoms with Gasteiger partial charge in [0.15, 0.2) is 0 Å². The normalized spacial score (nSPS) is 20.7. The van der Waals surface area contributed by atoms with Gasteiger partial charge >= 0.3 is 0 Å². The molecule has 0 heteroatoms. The van der Waals surface area contributed by atoms with Crippen molar-refractivity contribution in [2.45, 2.75) is 38.5 Å². The average molecular weight is 236 g/mol. The molecular formula is C18H20. The monoisotopic (exact) mass is 236 g/mol. The molecule has 0 fully saturated rings. The van der Waals surface area contributed by atoms with Gasteiger partial charge in [0.2, 0.25) is 0 Å². The third-order valence-corrected chi connectivity index (χ3v) is 4.26. The SMILES string of the molecule is Cc1ccc(C2CC(C)(C)c3ccccc32)cc1. The molecular weight excluding hydrogens is 216 g/mol. The molecule has 0 nitrogen and oxygen atoms in total. The van der Waals surface area contributed by atoms with Crippen molar-refractivity contribution in [2.24, 2.45) is 0 Å². The first-order valence-corrected chi connectivity index (χ1v) is 6.74. The summed E-state index contributed by atoms with van der Waals surface area (Å²) in [5.41, 5.74) is 6.14. The number of hydrogen-bond donors (Lipinski definition) is 0. The first kappa shape index (κ1) is 11.5. The highest BCUT2D eigenvalue weighted by molar-refractivity contribution is 5.47. The highest BCUT2D eigenvalue weighted by Gasteiger charge is 2.36. The fourth-order valence-electron chi connectivity index (χ4n) is 3.24. The molecule has 0 aliphatic heterocycles. The second kappa shape index (κ2) is 3.98. The fraction of sp³-hybridized carbons (Fsp3) is 0.333. The van der Waals surface area contributed by atoms with Crippen LogP contribution >= 0.6 is 0 Å². The summed E-state index contributed by atoms with van der Waals surface area (Å²) in [6, 6.07) is 18.0. The second-order valence-electron chi connectivity index (χ2n) is 6.14. The summed E-state index contributed by atoms with van der Waals surface area (Å²) in [6.45, 7) is 6.87. The fourth-order valence-corrected chi connectivity index (χ4v) is 3.24. The molecule has 2 aromatic carbocycles. The lowest BCUT2D eigenvalue weighted by Crippen LogP contribution is -2.12. The van der Waals surface area contributed by atoms with Crippen LogP contribution in [-0.4, -0.2) is 0 Å². The van der Waals surface area contributed by atoms with E-state index in [2.05, 4.69) is 69.3 Å². The van der Waals surface area contributed by atoms with Gasteiger partial charge in [0.25, 0.3) is 0 Å². The minimum Gasteiger partial charge on any atom is -0.0620 e. The van der Waals surface area contributed by atoms with E-state index in [1.54, 1.807) is 0 Å². The van der Waals surface area contributed by atoms with Crippen molar-refractivity contribution in [1.82, 2.24) is 0 Å². The van der Waals surface area contributed by atoms with Gasteiger partial charge in [-0.05, 0) is 35.4 Å². The van der Waals surface area contributed by atoms with Crippen LogP contribution in [0.25, 0.3) is 0 Å². The van der Waals surface area contributed by atoms with E-state index in [9.17, 15) is 0 Å². The zero-order valence-electron chi connectivity index (χ0n) is 11.4. The zero-order valence-corrected chi connectivity index (χ0v) is 11.4. The molecule has 1 atom stereocenters. The van der Waals surface area contributed by atoms with E-state index in [-0.39, 0.29) is 0 Å². The summed E-state index contributed by atoms with van der Waals surface area (Å²) in [5.74, 6) is 0.566. The van der Waals surface area contributed by atoms with Crippen LogP contribution in [0.3, 0.4) is 0 Å². The molecule has 18 heavy (non-hydrogen) atoms. The van der Waals surface area contributed by atoms with Crippen molar-refractivity contribution >= 4 is 0 Å². The molecule has 1 unspecified atom stereocenters. The second-order valence-corrected chi connectivity index (χ2v) is 6.14. The van der Waals surface area contributed by atoms with Gasteiger partial charge in [-0.2, -0.15) is 0 Å². The van der Waals surface area contributed by atoms with Gasteiger partial charge < -0.3 is 0 Å². The summed E-state index contributed by atoms with van der Waals surface area (Å²) < 4.78 is 0. The van der Waals surface area contributed by atoms with E-state index in [4.69, 9.17) is 0 Å². The lowest BCUT2D eigenvalue weighted by atomic mass is 9.85. The molecule has 92 valence electrons. The van der Waals surface area contributed by atoms with Gasteiger partial charge in [0.1, 0.15) is 0 Å². The van der Waals surface area contributed by atoms with Crippen molar-refractivity contribution in [3.63, 3.8) is 0 Å². The highest BCUT2D eigenvalue weighted by atomic mass is 14.4. The topological polar surface area (TPSA) is 0 Å². The smallest absolute Gasteiger partial charge is 0.0101 e. The van der Waals surface area contributed by atoms with E-state index in [1.807, 2.05) is 0 Å². The van der Waals surface area contributed by atoms with Gasteiger partial charge in [-0.1, -0.05) is 67.9 Å². The molecule has 0 aromatic heterocycles. The van der Waals surface area contributed by atoms with Crippen molar-refractivity contribution in [1.29, 1.82) is 0 Å². The molecule has 1 aliphatic rings. The number of hydrogen-bond acceptors (Lipinski definition) is 0. The Hall–Kier alpha value is -1.56. The number of fused-ring (bicyclic) bond motifs is 1. The number of aryl methyl sites for hydroxylation is 1. The first-order chi connectivity index (χ1) is 8.58. The molecule has 0 amide bonds. The lowest BCUT2D eigenvalue weighted by Gasteiger charge is -2.19. The van der Waals surface area contributed by atoms with Gasteiger partial charge in [-0.25, -0.2) is 0 Å². The zero-order chi connectivity index (χ0) is 12.8. The standard InChI is InChI=1S/C18H20/c1-13-8-10-14(11-9-13)16-12-18(2,3)17-7-5-4-6-15(16)17/h4-11,16H,12H2,1-3H3. The molecule has 0 bridgehead atoms. The molecule has 0 heterocycles. The third kappa shape index (κ3) is 1.77. The molecule has 2 aromatic rings. The summed E-state index contributed by atoms with van der Waals surface area (Å²) in [5, 5.41) is 0. The highest BCUT2D eigenvalue weighted by Crippen LogP contribution is 2.48. The van der Waals surface area contributed by atoms with E-state index < -0.39 is 0 Å². The summed E-state index contributed by atoms with van der Waals surface area (Å²) in [6.07, 6.45) is 1.22. The van der Waals surface area contributed by atoms with Crippen LogP contribution in [0, 0.1) is 6.92 Å². The molecule has 3 rings (SSSR count). The largest absolute Gasteiger partial charge is 0.0620 e. The predicted octanol–water partition coefficient (Wildman–Crippen LogP) is 4.81. The first-order valence-electron chi connectivity index (χ1n) is 6.74. The molecule has 0 radical (unpaired) electrons.